The van der Waals surface area contributed by atoms with Gasteiger partial charge in [-0.25, -0.2) is 0 Å². The Kier molecular flexibility index (Phi) is 3.97. The number of nitrogens with one attached hydrogen (secondary N) is 1. The number of hydrogen-bond acceptors (Lipinski definition) is 2. The summed E-state index contributed by atoms with van der Waals surface area (Å²) in [5.41, 5.74) is 0. The Morgan fingerprint density at radius 3 is 2.56 bits per heavy atom. The van der Waals surface area contributed by atoms with Gasteiger partial charge < -0.3 is 5.32 Å². The average Bonchev–Trinajstić information content (AvgIpc) is 1.83. The molecule has 0 aliphatic rings. The molecule has 0 aromatic heterocycles. The summed E-state index contributed by atoms with van der Waals surface area (Å²) in [6.07, 6.45) is 3.41. The van der Waals surface area contributed by atoms with Crippen LogP contribution in [0.4, 0.5) is 0 Å². The summed E-state index contributed by atoms with van der Waals surface area (Å²) >= 11 is 0. The zero-order valence-corrected chi connectivity index (χ0v) is 6.14. The summed E-state index contributed by atoms with van der Waals surface area (Å²) in [5.74, 6) is 0.0945. The Labute approximate surface area is 56.0 Å². The first-order valence-electron chi connectivity index (χ1n) is 3.03. The molecule has 0 spiro atoms. The number of rotatable bonds is 3. The molecule has 9 heavy (non-hydrogen) atoms. The molecule has 0 fully saturated rings. The maximum Gasteiger partial charge on any atom is 0.152 e. The average molecular weight is 127 g/mol. The van der Waals surface area contributed by atoms with Crippen molar-refractivity contribution in [2.75, 3.05) is 7.05 Å². The normalized spacial score (nSPS) is 14.1. The van der Waals surface area contributed by atoms with Crippen LogP contribution in [0.1, 0.15) is 13.8 Å². The first kappa shape index (κ1) is 8.37. The fourth-order valence-corrected chi connectivity index (χ4v) is 0.376. The van der Waals surface area contributed by atoms with Crippen LogP contribution in [0.15, 0.2) is 12.2 Å². The maximum absolute atomic E-state index is 10.3. The van der Waals surface area contributed by atoms with Crippen LogP contribution in [0.3, 0.4) is 0 Å². The molecule has 0 rings (SSSR count). The van der Waals surface area contributed by atoms with Gasteiger partial charge in [0.05, 0.1) is 0 Å². The van der Waals surface area contributed by atoms with Gasteiger partial charge in [0.2, 0.25) is 0 Å². The molecule has 0 radical (unpaired) electrons. The minimum atomic E-state index is 0.0945. The van der Waals surface area contributed by atoms with Gasteiger partial charge in [-0.15, -0.1) is 0 Å². The van der Waals surface area contributed by atoms with Gasteiger partial charge in [-0.2, -0.15) is 0 Å². The van der Waals surface area contributed by atoms with Crippen molar-refractivity contribution in [3.05, 3.63) is 12.2 Å². The number of likely N-dealkylation sites (N-methyl/N-ethyl adjacent to an activating group) is 1. The molecule has 0 saturated carbocycles. The van der Waals surface area contributed by atoms with Gasteiger partial charge in [0.25, 0.3) is 0 Å². The molecule has 52 valence electrons. The molecule has 0 saturated heterocycles. The Hall–Kier alpha value is -0.630. The van der Waals surface area contributed by atoms with Crippen molar-refractivity contribution >= 4 is 5.78 Å². The quantitative estimate of drug-likeness (QED) is 0.566. The van der Waals surface area contributed by atoms with Crippen LogP contribution in [-0.2, 0) is 4.79 Å². The molecule has 0 aromatic rings. The second-order valence-corrected chi connectivity index (χ2v) is 2.05. The van der Waals surface area contributed by atoms with Crippen LogP contribution in [0.5, 0.6) is 0 Å². The van der Waals surface area contributed by atoms with Crippen LogP contribution >= 0.6 is 0 Å². The summed E-state index contributed by atoms with van der Waals surface area (Å²) < 4.78 is 0. The fraction of sp³-hybridized carbons (Fsp3) is 0.571. The lowest BCUT2D eigenvalue weighted by molar-refractivity contribution is -0.112. The second kappa shape index (κ2) is 4.27. The van der Waals surface area contributed by atoms with Gasteiger partial charge in [0, 0.05) is 6.04 Å². The highest BCUT2D eigenvalue weighted by atomic mass is 16.1. The maximum atomic E-state index is 10.3. The van der Waals surface area contributed by atoms with E-state index in [0.717, 1.165) is 0 Å². The van der Waals surface area contributed by atoms with E-state index < -0.39 is 0 Å². The minimum Gasteiger partial charge on any atom is -0.314 e. The van der Waals surface area contributed by atoms with Gasteiger partial charge in [0.15, 0.2) is 5.78 Å². The molecule has 0 heterocycles. The lowest BCUT2D eigenvalue weighted by Crippen LogP contribution is -2.18. The van der Waals surface area contributed by atoms with E-state index in [0.29, 0.717) is 0 Å². The molecule has 0 aromatic carbocycles. The number of ketones is 1. The summed E-state index contributed by atoms with van der Waals surface area (Å²) in [4.78, 5) is 10.3. The van der Waals surface area contributed by atoms with Crippen LogP contribution in [0.25, 0.3) is 0 Å². The number of hydrogen-bond donors (Lipinski definition) is 1. The number of carbonyl (C=O) groups excluding carboxylic acids is 1. The summed E-state index contributed by atoms with van der Waals surface area (Å²) in [6.45, 7) is 3.53. The molecule has 0 bridgehead atoms. The van der Waals surface area contributed by atoms with E-state index >= 15 is 0 Å². The first-order chi connectivity index (χ1) is 4.16. The summed E-state index contributed by atoms with van der Waals surface area (Å²) in [7, 11) is 1.86. The lowest BCUT2D eigenvalue weighted by Gasteiger charge is -1.99. The number of allylic oxidation sites excluding steroid dienone is 1. The van der Waals surface area contributed by atoms with E-state index in [1.165, 1.54) is 0 Å². The highest BCUT2D eigenvalue weighted by molar-refractivity contribution is 5.87. The second-order valence-electron chi connectivity index (χ2n) is 2.05. The van der Waals surface area contributed by atoms with Crippen molar-refractivity contribution in [3.63, 3.8) is 0 Å². The van der Waals surface area contributed by atoms with Crippen molar-refractivity contribution < 1.29 is 4.79 Å². The van der Waals surface area contributed by atoms with Gasteiger partial charge in [-0.3, -0.25) is 4.79 Å². The zero-order valence-electron chi connectivity index (χ0n) is 6.14. The van der Waals surface area contributed by atoms with E-state index in [-0.39, 0.29) is 11.8 Å². The lowest BCUT2D eigenvalue weighted by atomic mass is 10.3. The highest BCUT2D eigenvalue weighted by Crippen LogP contribution is 1.82. The van der Waals surface area contributed by atoms with E-state index in [2.05, 4.69) is 5.32 Å². The molecule has 0 aliphatic carbocycles. The molecule has 1 N–H and O–H groups in total. The first-order valence-corrected chi connectivity index (χ1v) is 3.03. The van der Waals surface area contributed by atoms with Gasteiger partial charge in [-0.1, -0.05) is 6.08 Å². The van der Waals surface area contributed by atoms with Crippen LogP contribution in [0, 0.1) is 0 Å². The van der Waals surface area contributed by atoms with Crippen molar-refractivity contribution in [1.82, 2.24) is 5.32 Å². The van der Waals surface area contributed by atoms with E-state index in [4.69, 9.17) is 0 Å². The molecule has 2 nitrogen and oxygen atoms in total. The predicted molar refractivity (Wildman–Crippen MR) is 38.3 cm³/mol. The standard InChI is InChI=1S/C7H13NO/c1-6(8-3)4-5-7(2)9/h4-6,8H,1-3H3/b5-4+. The van der Waals surface area contributed by atoms with Crippen LogP contribution in [0.2, 0.25) is 0 Å². The molecule has 2 heteroatoms. The third-order valence-corrected chi connectivity index (χ3v) is 1.07. The third kappa shape index (κ3) is 5.24. The van der Waals surface area contributed by atoms with Crippen molar-refractivity contribution in [2.24, 2.45) is 0 Å². The van der Waals surface area contributed by atoms with Crippen LogP contribution < -0.4 is 5.32 Å². The van der Waals surface area contributed by atoms with Gasteiger partial charge in [-0.05, 0) is 27.0 Å². The van der Waals surface area contributed by atoms with Crippen LogP contribution in [-0.4, -0.2) is 18.9 Å². The van der Waals surface area contributed by atoms with Gasteiger partial charge >= 0.3 is 0 Å². The van der Waals surface area contributed by atoms with Crippen molar-refractivity contribution in [1.29, 1.82) is 0 Å². The van der Waals surface area contributed by atoms with Crippen molar-refractivity contribution in [2.45, 2.75) is 19.9 Å². The summed E-state index contributed by atoms with van der Waals surface area (Å²) in [5, 5.41) is 2.98. The molecular formula is C7H13NO. The molecule has 1 unspecified atom stereocenters. The molecule has 0 aliphatic heterocycles. The topological polar surface area (TPSA) is 29.1 Å². The predicted octanol–water partition coefficient (Wildman–Crippen LogP) is 0.739. The zero-order chi connectivity index (χ0) is 7.28. The van der Waals surface area contributed by atoms with Gasteiger partial charge in [0.1, 0.15) is 0 Å². The smallest absolute Gasteiger partial charge is 0.152 e. The van der Waals surface area contributed by atoms with Crippen molar-refractivity contribution in [3.8, 4) is 0 Å². The van der Waals surface area contributed by atoms with E-state index in [9.17, 15) is 4.79 Å². The number of carbonyl (C=O) groups is 1. The highest BCUT2D eigenvalue weighted by Gasteiger charge is 1.88. The SMILES string of the molecule is CNC(C)/C=C/C(C)=O. The molecule has 0 amide bonds. The third-order valence-electron chi connectivity index (χ3n) is 1.07. The Morgan fingerprint density at radius 2 is 2.22 bits per heavy atom. The van der Waals surface area contributed by atoms with E-state index in [1.54, 1.807) is 13.0 Å². The largest absolute Gasteiger partial charge is 0.314 e. The fourth-order valence-electron chi connectivity index (χ4n) is 0.376. The minimum absolute atomic E-state index is 0.0945. The molecular weight excluding hydrogens is 114 g/mol. The Morgan fingerprint density at radius 1 is 1.67 bits per heavy atom. The Balaban J connectivity index is 3.56. The Bertz CT molecular complexity index is 118. The van der Waals surface area contributed by atoms with E-state index in [1.807, 2.05) is 20.0 Å². The monoisotopic (exact) mass is 127 g/mol. The summed E-state index contributed by atoms with van der Waals surface area (Å²) in [6, 6.07) is 0.286. The molecule has 1 atom stereocenters.